The van der Waals surface area contributed by atoms with E-state index in [4.69, 9.17) is 10.2 Å². The molecule has 2 aliphatic rings. The van der Waals surface area contributed by atoms with Crippen molar-refractivity contribution in [2.75, 3.05) is 6.26 Å². The van der Waals surface area contributed by atoms with Gasteiger partial charge in [0.05, 0.1) is 5.57 Å². The molecule has 1 N–H and O–H groups in total. The number of carbonyl (C=O) groups excluding carboxylic acids is 1. The average molecular weight is 299 g/mol. The molecule has 0 saturated carbocycles. The highest BCUT2D eigenvalue weighted by Crippen LogP contribution is 2.24. The summed E-state index contributed by atoms with van der Waals surface area (Å²) in [6, 6.07) is 7.77. The summed E-state index contributed by atoms with van der Waals surface area (Å²) < 4.78 is 0. The van der Waals surface area contributed by atoms with E-state index in [1.165, 1.54) is 5.06 Å². The molecule has 0 saturated heterocycles. The first-order chi connectivity index (χ1) is 10.1. The minimum atomic E-state index is -0.422. The number of carbonyl (C=O) groups is 1. The van der Waals surface area contributed by atoms with E-state index < -0.39 is 5.91 Å². The molecule has 0 bridgehead atoms. The predicted molar refractivity (Wildman–Crippen MR) is 83.0 cm³/mol. The van der Waals surface area contributed by atoms with Gasteiger partial charge in [0.15, 0.2) is 11.7 Å². The Morgan fingerprint density at radius 3 is 2.71 bits per heavy atom. The van der Waals surface area contributed by atoms with Gasteiger partial charge in [-0.25, -0.2) is 0 Å². The lowest BCUT2D eigenvalue weighted by molar-refractivity contribution is -0.114. The summed E-state index contributed by atoms with van der Waals surface area (Å²) in [5, 5.41) is 9.38. The van der Waals surface area contributed by atoms with Gasteiger partial charge in [-0.05, 0) is 37.0 Å². The molecule has 2 aliphatic heterocycles. The lowest BCUT2D eigenvalue weighted by Crippen LogP contribution is -2.38. The zero-order valence-corrected chi connectivity index (χ0v) is 12.4. The SMILES string of the molecule is CSc1ccc(/C=C2/C(=N)N3OC(C)=CC3=NC2=O)cc1. The van der Waals surface area contributed by atoms with Gasteiger partial charge in [0.25, 0.3) is 5.91 Å². The van der Waals surface area contributed by atoms with Gasteiger partial charge in [-0.1, -0.05) is 12.1 Å². The molecule has 1 aromatic carbocycles. The van der Waals surface area contributed by atoms with Crippen molar-refractivity contribution in [3.05, 3.63) is 47.2 Å². The van der Waals surface area contributed by atoms with E-state index >= 15 is 0 Å². The summed E-state index contributed by atoms with van der Waals surface area (Å²) in [6.07, 6.45) is 5.30. The second-order valence-corrected chi connectivity index (χ2v) is 5.48. The number of rotatable bonds is 2. The molecule has 0 aromatic heterocycles. The van der Waals surface area contributed by atoms with E-state index in [0.717, 1.165) is 10.5 Å². The Bertz CT molecular complexity index is 717. The number of nitrogens with zero attached hydrogens (tertiary/aromatic N) is 2. The van der Waals surface area contributed by atoms with Crippen LogP contribution in [0.4, 0.5) is 0 Å². The summed E-state index contributed by atoms with van der Waals surface area (Å²) in [5.41, 5.74) is 1.07. The summed E-state index contributed by atoms with van der Waals surface area (Å²) in [5.74, 6) is 0.552. The number of hydroxylamine groups is 2. The first-order valence-corrected chi connectivity index (χ1v) is 7.55. The molecular formula is C15H13N3O2S. The maximum absolute atomic E-state index is 12.1. The van der Waals surface area contributed by atoms with Gasteiger partial charge >= 0.3 is 0 Å². The van der Waals surface area contributed by atoms with Crippen molar-refractivity contribution < 1.29 is 9.63 Å². The normalized spacial score (nSPS) is 19.3. The molecule has 1 aromatic rings. The Labute approximate surface area is 126 Å². The Balaban J connectivity index is 1.94. The van der Waals surface area contributed by atoms with E-state index in [0.29, 0.717) is 11.6 Å². The Kier molecular flexibility index (Phi) is 3.39. The van der Waals surface area contributed by atoms with Crippen molar-refractivity contribution in [2.24, 2.45) is 4.99 Å². The number of nitrogens with one attached hydrogen (secondary N) is 1. The van der Waals surface area contributed by atoms with Crippen LogP contribution in [0.3, 0.4) is 0 Å². The number of fused-ring (bicyclic) bond motifs is 1. The van der Waals surface area contributed by atoms with Gasteiger partial charge < -0.3 is 4.84 Å². The number of aliphatic imine (C=N–C) groups is 1. The Morgan fingerprint density at radius 1 is 1.33 bits per heavy atom. The lowest BCUT2D eigenvalue weighted by Gasteiger charge is -2.22. The van der Waals surface area contributed by atoms with Gasteiger partial charge in [0.2, 0.25) is 0 Å². The van der Waals surface area contributed by atoms with Crippen LogP contribution in [-0.4, -0.2) is 28.9 Å². The van der Waals surface area contributed by atoms with Crippen LogP contribution in [-0.2, 0) is 9.63 Å². The molecule has 106 valence electrons. The van der Waals surface area contributed by atoms with Crippen molar-refractivity contribution >= 4 is 35.4 Å². The third-order valence-electron chi connectivity index (χ3n) is 3.11. The smallest absolute Gasteiger partial charge is 0.282 e. The highest BCUT2D eigenvalue weighted by atomic mass is 32.2. The lowest BCUT2D eigenvalue weighted by atomic mass is 10.1. The van der Waals surface area contributed by atoms with Crippen LogP contribution < -0.4 is 0 Å². The summed E-state index contributed by atoms with van der Waals surface area (Å²) in [4.78, 5) is 22.5. The van der Waals surface area contributed by atoms with Crippen molar-refractivity contribution in [3.8, 4) is 0 Å². The summed E-state index contributed by atoms with van der Waals surface area (Å²) >= 11 is 1.65. The van der Waals surface area contributed by atoms with Crippen molar-refractivity contribution in [2.45, 2.75) is 11.8 Å². The maximum Gasteiger partial charge on any atom is 0.282 e. The maximum atomic E-state index is 12.1. The first kappa shape index (κ1) is 13.6. The quantitative estimate of drug-likeness (QED) is 0.673. The van der Waals surface area contributed by atoms with E-state index in [1.54, 1.807) is 30.8 Å². The van der Waals surface area contributed by atoms with E-state index in [2.05, 4.69) is 4.99 Å². The van der Waals surface area contributed by atoms with Crippen LogP contribution in [0.2, 0.25) is 0 Å². The van der Waals surface area contributed by atoms with Gasteiger partial charge in [-0.3, -0.25) is 10.2 Å². The third-order valence-corrected chi connectivity index (χ3v) is 3.85. The molecule has 1 amide bonds. The molecule has 0 aliphatic carbocycles. The fourth-order valence-corrected chi connectivity index (χ4v) is 2.48. The molecule has 0 unspecified atom stereocenters. The topological polar surface area (TPSA) is 65.8 Å². The van der Waals surface area contributed by atoms with E-state index in [9.17, 15) is 4.79 Å². The molecule has 0 radical (unpaired) electrons. The van der Waals surface area contributed by atoms with Crippen LogP contribution in [0.1, 0.15) is 12.5 Å². The van der Waals surface area contributed by atoms with Crippen molar-refractivity contribution in [3.63, 3.8) is 0 Å². The zero-order chi connectivity index (χ0) is 15.0. The molecular weight excluding hydrogens is 286 g/mol. The molecule has 2 heterocycles. The van der Waals surface area contributed by atoms with E-state index in [-0.39, 0.29) is 11.4 Å². The predicted octanol–water partition coefficient (Wildman–Crippen LogP) is 2.86. The molecule has 21 heavy (non-hydrogen) atoms. The van der Waals surface area contributed by atoms with Crippen molar-refractivity contribution in [1.82, 2.24) is 5.06 Å². The number of amidine groups is 2. The number of benzene rings is 1. The molecule has 3 rings (SSSR count). The largest absolute Gasteiger partial charge is 0.376 e. The van der Waals surface area contributed by atoms with Crippen molar-refractivity contribution in [1.29, 1.82) is 5.41 Å². The molecule has 0 spiro atoms. The minimum absolute atomic E-state index is 0.00652. The molecule has 0 fully saturated rings. The highest BCUT2D eigenvalue weighted by molar-refractivity contribution is 7.98. The second kappa shape index (κ2) is 5.21. The minimum Gasteiger partial charge on any atom is -0.376 e. The number of amides is 1. The average Bonchev–Trinajstić information content (AvgIpc) is 2.85. The zero-order valence-electron chi connectivity index (χ0n) is 11.6. The third kappa shape index (κ3) is 2.50. The van der Waals surface area contributed by atoms with Gasteiger partial charge in [-0.2, -0.15) is 4.99 Å². The second-order valence-electron chi connectivity index (χ2n) is 4.60. The number of hydrogen-bond acceptors (Lipinski definition) is 4. The monoisotopic (exact) mass is 299 g/mol. The van der Waals surface area contributed by atoms with E-state index in [1.807, 2.05) is 30.5 Å². The summed E-state index contributed by atoms with van der Waals surface area (Å²) in [6.45, 7) is 1.75. The fourth-order valence-electron chi connectivity index (χ4n) is 2.07. The van der Waals surface area contributed by atoms with Crippen LogP contribution in [0.15, 0.2) is 51.6 Å². The number of thioether (sulfide) groups is 1. The number of allylic oxidation sites excluding steroid dienone is 1. The molecule has 0 atom stereocenters. The van der Waals surface area contributed by atoms with Gasteiger partial charge in [-0.15, -0.1) is 16.8 Å². The standard InChI is InChI=1S/C15H13N3O2S/c1-9-7-13-17-15(19)12(14(16)18(13)20-9)8-10-3-5-11(21-2)6-4-10/h3-8,16H,1-2H3/b12-8-,16-14?. The van der Waals surface area contributed by atoms with Gasteiger partial charge in [0, 0.05) is 11.0 Å². The highest BCUT2D eigenvalue weighted by Gasteiger charge is 2.34. The van der Waals surface area contributed by atoms with Crippen LogP contribution >= 0.6 is 11.8 Å². The fraction of sp³-hybridized carbons (Fsp3) is 0.133. The number of hydrogen-bond donors (Lipinski definition) is 1. The Hall–Kier alpha value is -2.34. The molecule has 6 heteroatoms. The van der Waals surface area contributed by atoms with Crippen LogP contribution in [0.5, 0.6) is 0 Å². The Morgan fingerprint density at radius 2 is 2.05 bits per heavy atom. The van der Waals surface area contributed by atoms with Gasteiger partial charge in [0.1, 0.15) is 5.76 Å². The van der Waals surface area contributed by atoms with Crippen LogP contribution in [0, 0.1) is 5.41 Å². The first-order valence-electron chi connectivity index (χ1n) is 6.32. The summed E-state index contributed by atoms with van der Waals surface area (Å²) in [7, 11) is 0. The van der Waals surface area contributed by atoms with Crippen LogP contribution in [0.25, 0.3) is 6.08 Å². The molecule has 5 nitrogen and oxygen atoms in total.